The first-order valence-corrected chi connectivity index (χ1v) is 12.3. The van der Waals surface area contributed by atoms with Gasteiger partial charge in [-0.25, -0.2) is 0 Å². The van der Waals surface area contributed by atoms with Gasteiger partial charge in [0.2, 0.25) is 0 Å². The van der Waals surface area contributed by atoms with Gasteiger partial charge in [-0.2, -0.15) is 0 Å². The second kappa shape index (κ2) is 14.6. The van der Waals surface area contributed by atoms with Gasteiger partial charge in [-0.1, -0.05) is 83.8 Å². The van der Waals surface area contributed by atoms with Crippen molar-refractivity contribution < 1.29 is 9.53 Å². The molecule has 1 atom stereocenters. The molecule has 0 saturated heterocycles. The standard InChI is InChI=1S/C26H43NO2/c1-3-5-6-7-8-9-10-11-12-13-17-26(28)29-25-16-14-15-22-21-23(27-20-4-2)18-19-24(22)25/h14-16,23,27H,3-13,17-21H2,1-2H3. The van der Waals surface area contributed by atoms with Crippen LogP contribution in [0.5, 0.6) is 5.75 Å². The van der Waals surface area contributed by atoms with E-state index < -0.39 is 0 Å². The van der Waals surface area contributed by atoms with Crippen LogP contribution in [0.1, 0.15) is 108 Å². The maximum atomic E-state index is 12.3. The highest BCUT2D eigenvalue weighted by Gasteiger charge is 2.21. The van der Waals surface area contributed by atoms with Crippen molar-refractivity contribution in [3.05, 3.63) is 29.3 Å². The highest BCUT2D eigenvalue weighted by Crippen LogP contribution is 2.30. The molecule has 3 heteroatoms. The zero-order valence-electron chi connectivity index (χ0n) is 18.9. The minimum atomic E-state index is -0.0656. The Bertz CT molecular complexity index is 584. The zero-order chi connectivity index (χ0) is 20.7. The minimum Gasteiger partial charge on any atom is -0.426 e. The van der Waals surface area contributed by atoms with Crippen molar-refractivity contribution in [2.45, 2.75) is 116 Å². The van der Waals surface area contributed by atoms with Gasteiger partial charge in [0.05, 0.1) is 0 Å². The van der Waals surface area contributed by atoms with Gasteiger partial charge >= 0.3 is 5.97 Å². The molecule has 1 aromatic rings. The highest BCUT2D eigenvalue weighted by atomic mass is 16.5. The monoisotopic (exact) mass is 401 g/mol. The number of carbonyl (C=O) groups is 1. The molecular weight excluding hydrogens is 358 g/mol. The lowest BCUT2D eigenvalue weighted by Gasteiger charge is -2.26. The van der Waals surface area contributed by atoms with E-state index in [2.05, 4.69) is 25.2 Å². The molecule has 1 aromatic carbocycles. The van der Waals surface area contributed by atoms with E-state index in [1.165, 1.54) is 68.9 Å². The molecule has 29 heavy (non-hydrogen) atoms. The van der Waals surface area contributed by atoms with Crippen molar-refractivity contribution in [3.8, 4) is 5.75 Å². The molecule has 0 fully saturated rings. The number of hydrogen-bond donors (Lipinski definition) is 1. The van der Waals surface area contributed by atoms with Crippen LogP contribution in [-0.4, -0.2) is 18.6 Å². The predicted molar refractivity (Wildman–Crippen MR) is 123 cm³/mol. The Kier molecular flexibility index (Phi) is 12.0. The average molecular weight is 402 g/mol. The molecule has 0 bridgehead atoms. The van der Waals surface area contributed by atoms with Crippen LogP contribution in [0.4, 0.5) is 0 Å². The van der Waals surface area contributed by atoms with Gasteiger partial charge in [0.25, 0.3) is 0 Å². The van der Waals surface area contributed by atoms with Gasteiger partial charge < -0.3 is 10.1 Å². The average Bonchev–Trinajstić information content (AvgIpc) is 2.73. The molecule has 2 rings (SSSR count). The fourth-order valence-corrected chi connectivity index (χ4v) is 4.32. The smallest absolute Gasteiger partial charge is 0.311 e. The normalized spacial score (nSPS) is 15.9. The van der Waals surface area contributed by atoms with Crippen molar-refractivity contribution in [1.29, 1.82) is 0 Å². The molecule has 1 aliphatic rings. The Morgan fingerprint density at radius 1 is 0.966 bits per heavy atom. The summed E-state index contributed by atoms with van der Waals surface area (Å²) >= 11 is 0. The summed E-state index contributed by atoms with van der Waals surface area (Å²) < 4.78 is 5.75. The zero-order valence-corrected chi connectivity index (χ0v) is 18.9. The van der Waals surface area contributed by atoms with E-state index in [4.69, 9.17) is 4.74 Å². The third kappa shape index (κ3) is 9.33. The summed E-state index contributed by atoms with van der Waals surface area (Å²) in [4.78, 5) is 12.3. The number of nitrogens with one attached hydrogen (secondary N) is 1. The van der Waals surface area contributed by atoms with Crippen LogP contribution < -0.4 is 10.1 Å². The summed E-state index contributed by atoms with van der Waals surface area (Å²) in [6.07, 6.45) is 17.7. The van der Waals surface area contributed by atoms with Gasteiger partial charge in [-0.05, 0) is 55.8 Å². The van der Waals surface area contributed by atoms with E-state index in [9.17, 15) is 4.79 Å². The van der Waals surface area contributed by atoms with Crippen LogP contribution in [-0.2, 0) is 17.6 Å². The van der Waals surface area contributed by atoms with E-state index in [1.807, 2.05) is 12.1 Å². The van der Waals surface area contributed by atoms with Crippen LogP contribution in [0.2, 0.25) is 0 Å². The molecule has 0 amide bonds. The molecule has 0 spiro atoms. The lowest BCUT2D eigenvalue weighted by Crippen LogP contribution is -2.35. The fraction of sp³-hybridized carbons (Fsp3) is 0.731. The van der Waals surface area contributed by atoms with Crippen LogP contribution in [0.15, 0.2) is 18.2 Å². The maximum Gasteiger partial charge on any atom is 0.311 e. The van der Waals surface area contributed by atoms with E-state index in [0.29, 0.717) is 12.5 Å². The number of hydrogen-bond acceptors (Lipinski definition) is 3. The van der Waals surface area contributed by atoms with Crippen molar-refractivity contribution in [2.75, 3.05) is 6.54 Å². The summed E-state index contributed by atoms with van der Waals surface area (Å²) in [6.45, 7) is 5.54. The third-order valence-electron chi connectivity index (χ3n) is 6.08. The molecule has 0 saturated carbocycles. The quantitative estimate of drug-likeness (QED) is 0.200. The Balaban J connectivity index is 1.62. The van der Waals surface area contributed by atoms with E-state index in [1.54, 1.807) is 0 Å². The van der Waals surface area contributed by atoms with Crippen LogP contribution in [0, 0.1) is 0 Å². The Morgan fingerprint density at radius 2 is 1.66 bits per heavy atom. The van der Waals surface area contributed by atoms with Crippen LogP contribution >= 0.6 is 0 Å². The lowest BCUT2D eigenvalue weighted by atomic mass is 9.87. The molecule has 1 unspecified atom stereocenters. The maximum absolute atomic E-state index is 12.3. The van der Waals surface area contributed by atoms with E-state index in [-0.39, 0.29) is 5.97 Å². The number of fused-ring (bicyclic) bond motifs is 1. The number of esters is 1. The topological polar surface area (TPSA) is 38.3 Å². The van der Waals surface area contributed by atoms with Gasteiger partial charge in [0, 0.05) is 12.5 Å². The molecule has 1 N–H and O–H groups in total. The van der Waals surface area contributed by atoms with E-state index >= 15 is 0 Å². The molecule has 1 aliphatic carbocycles. The Hall–Kier alpha value is -1.35. The van der Waals surface area contributed by atoms with Gasteiger partial charge in [-0.3, -0.25) is 4.79 Å². The molecule has 0 radical (unpaired) electrons. The SMILES string of the molecule is CCCCCCCCCCCCC(=O)Oc1cccc2c1CCC(NCCC)C2. The molecule has 0 heterocycles. The summed E-state index contributed by atoms with van der Waals surface area (Å²) in [6, 6.07) is 6.74. The third-order valence-corrected chi connectivity index (χ3v) is 6.08. The van der Waals surface area contributed by atoms with E-state index in [0.717, 1.165) is 44.4 Å². The van der Waals surface area contributed by atoms with Gasteiger partial charge in [-0.15, -0.1) is 0 Å². The molecule has 0 aliphatic heterocycles. The van der Waals surface area contributed by atoms with Crippen LogP contribution in [0.25, 0.3) is 0 Å². The summed E-state index contributed by atoms with van der Waals surface area (Å²) in [7, 11) is 0. The van der Waals surface area contributed by atoms with Gasteiger partial charge in [0.1, 0.15) is 5.75 Å². The second-order valence-electron chi connectivity index (χ2n) is 8.69. The summed E-state index contributed by atoms with van der Waals surface area (Å²) in [5.41, 5.74) is 2.59. The number of carbonyl (C=O) groups excluding carboxylic acids is 1. The van der Waals surface area contributed by atoms with Crippen molar-refractivity contribution in [1.82, 2.24) is 5.32 Å². The largest absolute Gasteiger partial charge is 0.426 e. The molecular formula is C26H43NO2. The highest BCUT2D eigenvalue weighted by molar-refractivity contribution is 5.73. The Labute approximate surface area is 179 Å². The number of ether oxygens (including phenoxy) is 1. The van der Waals surface area contributed by atoms with Crippen molar-refractivity contribution in [2.24, 2.45) is 0 Å². The molecule has 0 aromatic heterocycles. The van der Waals surface area contributed by atoms with Crippen molar-refractivity contribution in [3.63, 3.8) is 0 Å². The first-order chi connectivity index (χ1) is 14.2. The molecule has 3 nitrogen and oxygen atoms in total. The first-order valence-electron chi connectivity index (χ1n) is 12.3. The Morgan fingerprint density at radius 3 is 2.34 bits per heavy atom. The number of rotatable bonds is 15. The number of benzene rings is 1. The minimum absolute atomic E-state index is 0.0656. The lowest BCUT2D eigenvalue weighted by molar-refractivity contribution is -0.134. The first kappa shape index (κ1) is 23.9. The summed E-state index contributed by atoms with van der Waals surface area (Å²) in [5, 5.41) is 3.63. The number of unbranched alkanes of at least 4 members (excludes halogenated alkanes) is 9. The summed E-state index contributed by atoms with van der Waals surface area (Å²) in [5.74, 6) is 0.734. The predicted octanol–water partition coefficient (Wildman–Crippen LogP) is 6.76. The fourth-order valence-electron chi connectivity index (χ4n) is 4.32. The van der Waals surface area contributed by atoms with Crippen LogP contribution in [0.3, 0.4) is 0 Å². The molecule has 164 valence electrons. The second-order valence-corrected chi connectivity index (χ2v) is 8.69. The van der Waals surface area contributed by atoms with Crippen molar-refractivity contribution >= 4 is 5.97 Å². The van der Waals surface area contributed by atoms with Gasteiger partial charge in [0.15, 0.2) is 0 Å².